The molecule has 9 nitrogen and oxygen atoms in total. The Balaban J connectivity index is 2.11. The van der Waals surface area contributed by atoms with Crippen LogP contribution in [0.5, 0.6) is 0 Å². The molecule has 1 saturated heterocycles. The summed E-state index contributed by atoms with van der Waals surface area (Å²) in [5.41, 5.74) is 0.679. The molecular weight excluding hydrogens is 328 g/mol. The molecule has 1 aliphatic heterocycles. The number of ether oxygens (including phenoxy) is 1. The molecular formula is C13H14N2O7S. The van der Waals surface area contributed by atoms with Gasteiger partial charge in [-0.3, -0.25) is 14.1 Å². The average Bonchev–Trinajstić information content (AvgIpc) is 2.48. The maximum atomic E-state index is 11.9. The molecule has 0 radical (unpaired) electrons. The van der Waals surface area contributed by atoms with Gasteiger partial charge in [-0.25, -0.2) is 4.79 Å². The zero-order valence-corrected chi connectivity index (χ0v) is 12.8. The van der Waals surface area contributed by atoms with Crippen LogP contribution in [0, 0.1) is 0 Å². The Morgan fingerprint density at radius 2 is 1.91 bits per heavy atom. The summed E-state index contributed by atoms with van der Waals surface area (Å²) in [7, 11) is -3.92. The minimum Gasteiger partial charge on any atom is -0.467 e. The molecule has 1 aromatic carbocycles. The van der Waals surface area contributed by atoms with Crippen molar-refractivity contribution in [1.29, 1.82) is 0 Å². The van der Waals surface area contributed by atoms with Crippen LogP contribution in [0.4, 0.5) is 0 Å². The Morgan fingerprint density at radius 1 is 1.30 bits per heavy atom. The molecule has 0 aromatic heterocycles. The number of esters is 1. The molecule has 124 valence electrons. The van der Waals surface area contributed by atoms with E-state index in [2.05, 4.69) is 10.1 Å². The molecule has 0 saturated carbocycles. The van der Waals surface area contributed by atoms with E-state index in [1.807, 2.05) is 0 Å². The van der Waals surface area contributed by atoms with Gasteiger partial charge in [-0.2, -0.15) is 12.7 Å². The number of hydrogen-bond donors (Lipinski definition) is 2. The molecule has 2 rings (SSSR count). The van der Waals surface area contributed by atoms with Crippen LogP contribution in [0.1, 0.15) is 5.56 Å². The van der Waals surface area contributed by atoms with Gasteiger partial charge in [0.05, 0.1) is 13.5 Å². The highest BCUT2D eigenvalue weighted by Gasteiger charge is 2.58. The fourth-order valence-electron chi connectivity index (χ4n) is 2.22. The van der Waals surface area contributed by atoms with Gasteiger partial charge in [-0.1, -0.05) is 30.3 Å². The van der Waals surface area contributed by atoms with E-state index >= 15 is 0 Å². The molecule has 1 heterocycles. The van der Waals surface area contributed by atoms with E-state index in [1.165, 1.54) is 0 Å². The number of benzene rings is 1. The first-order chi connectivity index (χ1) is 10.8. The van der Waals surface area contributed by atoms with E-state index in [-0.39, 0.29) is 10.7 Å². The number of rotatable bonds is 5. The van der Waals surface area contributed by atoms with Crippen LogP contribution in [0.2, 0.25) is 0 Å². The van der Waals surface area contributed by atoms with Crippen LogP contribution in [-0.2, 0) is 35.8 Å². The van der Waals surface area contributed by atoms with Gasteiger partial charge in [0.2, 0.25) is 5.91 Å². The first kappa shape index (κ1) is 16.9. The van der Waals surface area contributed by atoms with Crippen molar-refractivity contribution in [1.82, 2.24) is 9.62 Å². The number of methoxy groups -OCH3 is 1. The van der Waals surface area contributed by atoms with Crippen LogP contribution < -0.4 is 5.32 Å². The molecule has 2 atom stereocenters. The van der Waals surface area contributed by atoms with Gasteiger partial charge in [-0.05, 0) is 5.56 Å². The molecule has 0 aliphatic carbocycles. The van der Waals surface area contributed by atoms with Crippen molar-refractivity contribution in [2.24, 2.45) is 0 Å². The van der Waals surface area contributed by atoms with Gasteiger partial charge in [0.1, 0.15) is 6.04 Å². The number of carbonyl (C=O) groups is 3. The fraction of sp³-hybridized carbons (Fsp3) is 0.308. The van der Waals surface area contributed by atoms with E-state index in [9.17, 15) is 22.8 Å². The van der Waals surface area contributed by atoms with Crippen LogP contribution in [-0.4, -0.2) is 54.3 Å². The summed E-state index contributed by atoms with van der Waals surface area (Å²) < 4.78 is 35.6. The molecule has 1 aromatic rings. The van der Waals surface area contributed by atoms with Crippen molar-refractivity contribution in [2.75, 3.05) is 7.11 Å². The maximum Gasteiger partial charge on any atom is 0.363 e. The van der Waals surface area contributed by atoms with Crippen molar-refractivity contribution in [2.45, 2.75) is 18.5 Å². The van der Waals surface area contributed by atoms with E-state index in [0.29, 0.717) is 5.56 Å². The number of β-lactam (4-membered cyclic amide) rings is 1. The monoisotopic (exact) mass is 342 g/mol. The maximum absolute atomic E-state index is 11.9. The van der Waals surface area contributed by atoms with Crippen LogP contribution >= 0.6 is 0 Å². The minimum atomic E-state index is -4.92. The number of nitrogens with zero attached hydrogens (tertiary/aromatic N) is 1. The van der Waals surface area contributed by atoms with Gasteiger partial charge in [0, 0.05) is 0 Å². The molecule has 1 fully saturated rings. The number of nitrogens with one attached hydrogen (secondary N) is 1. The molecule has 2 amide bonds. The summed E-state index contributed by atoms with van der Waals surface area (Å²) in [6, 6.07) is 5.61. The predicted octanol–water partition coefficient (Wildman–Crippen LogP) is -1.10. The second-order valence-corrected chi connectivity index (χ2v) is 6.08. The molecule has 1 aliphatic rings. The highest BCUT2D eigenvalue weighted by atomic mass is 32.2. The van der Waals surface area contributed by atoms with E-state index in [4.69, 9.17) is 4.55 Å². The van der Waals surface area contributed by atoms with Gasteiger partial charge in [0.15, 0.2) is 6.04 Å². The third kappa shape index (κ3) is 3.48. The van der Waals surface area contributed by atoms with Crippen molar-refractivity contribution < 1.29 is 32.1 Å². The van der Waals surface area contributed by atoms with Gasteiger partial charge in [0.25, 0.3) is 5.91 Å². The van der Waals surface area contributed by atoms with Crippen LogP contribution in [0.15, 0.2) is 30.3 Å². The predicted molar refractivity (Wildman–Crippen MR) is 76.3 cm³/mol. The lowest BCUT2D eigenvalue weighted by atomic mass is 9.98. The number of amides is 2. The number of carbonyl (C=O) groups excluding carboxylic acids is 3. The summed E-state index contributed by atoms with van der Waals surface area (Å²) in [5, 5.41) is 2.28. The molecule has 2 unspecified atom stereocenters. The third-order valence-corrected chi connectivity index (χ3v) is 4.17. The average molecular weight is 342 g/mol. The molecule has 23 heavy (non-hydrogen) atoms. The minimum absolute atomic E-state index is 0.0215. The standard InChI is InChI=1S/C13H14N2O7S/c1-22-13(18)11-10(12(17)15(11)23(19,20)21)14-9(16)7-8-5-3-2-4-6-8/h2-6,10-11H,7H2,1H3,(H,14,16)(H,19,20,21). The highest BCUT2D eigenvalue weighted by molar-refractivity contribution is 7.84. The Hall–Kier alpha value is -2.46. The summed E-state index contributed by atoms with van der Waals surface area (Å²) in [5.74, 6) is -2.74. The third-order valence-electron chi connectivity index (χ3n) is 3.27. The SMILES string of the molecule is COC(=O)C1C(NC(=O)Cc2ccccc2)C(=O)N1S(=O)(=O)O. The molecule has 2 N–H and O–H groups in total. The van der Waals surface area contributed by atoms with Gasteiger partial charge >= 0.3 is 16.3 Å². The molecule has 0 spiro atoms. The second-order valence-electron chi connectivity index (χ2n) is 4.79. The van der Waals surface area contributed by atoms with Crippen molar-refractivity contribution in [3.63, 3.8) is 0 Å². The van der Waals surface area contributed by atoms with Crippen LogP contribution in [0.3, 0.4) is 0 Å². The number of hydrogen-bond acceptors (Lipinski definition) is 6. The van der Waals surface area contributed by atoms with Crippen LogP contribution in [0.25, 0.3) is 0 Å². The van der Waals surface area contributed by atoms with E-state index < -0.39 is 40.2 Å². The topological polar surface area (TPSA) is 130 Å². The Bertz CT molecular complexity index is 732. The molecule has 0 bridgehead atoms. The zero-order chi connectivity index (χ0) is 17.2. The summed E-state index contributed by atoms with van der Waals surface area (Å²) in [6.45, 7) is 0. The Kier molecular flexibility index (Phi) is 4.66. The van der Waals surface area contributed by atoms with Gasteiger partial charge in [-0.15, -0.1) is 0 Å². The lowest BCUT2D eigenvalue weighted by molar-refractivity contribution is -0.162. The quantitative estimate of drug-likeness (QED) is 0.394. The first-order valence-corrected chi connectivity index (χ1v) is 7.87. The van der Waals surface area contributed by atoms with Gasteiger partial charge < -0.3 is 10.1 Å². The van der Waals surface area contributed by atoms with Crippen molar-refractivity contribution >= 4 is 28.1 Å². The second kappa shape index (κ2) is 6.34. The largest absolute Gasteiger partial charge is 0.467 e. The van der Waals surface area contributed by atoms with Crippen molar-refractivity contribution in [3.8, 4) is 0 Å². The van der Waals surface area contributed by atoms with E-state index in [1.54, 1.807) is 30.3 Å². The van der Waals surface area contributed by atoms with Crippen molar-refractivity contribution in [3.05, 3.63) is 35.9 Å². The summed E-state index contributed by atoms with van der Waals surface area (Å²) >= 11 is 0. The zero-order valence-electron chi connectivity index (χ0n) is 12.0. The molecule has 10 heteroatoms. The lowest BCUT2D eigenvalue weighted by Crippen LogP contribution is -2.74. The highest BCUT2D eigenvalue weighted by Crippen LogP contribution is 2.24. The normalized spacial score (nSPS) is 20.6. The Labute approximate surface area is 132 Å². The summed E-state index contributed by atoms with van der Waals surface area (Å²) in [6.07, 6.45) is -0.0512. The fourth-order valence-corrected chi connectivity index (χ4v) is 3.05. The summed E-state index contributed by atoms with van der Waals surface area (Å²) in [4.78, 5) is 35.3. The van der Waals surface area contributed by atoms with E-state index in [0.717, 1.165) is 7.11 Å². The lowest BCUT2D eigenvalue weighted by Gasteiger charge is -2.41. The Morgan fingerprint density at radius 3 is 2.43 bits per heavy atom. The smallest absolute Gasteiger partial charge is 0.363 e. The first-order valence-electron chi connectivity index (χ1n) is 6.47.